The lowest BCUT2D eigenvalue weighted by Crippen LogP contribution is -2.33. The highest BCUT2D eigenvalue weighted by molar-refractivity contribution is 6.30. The van der Waals surface area contributed by atoms with Crippen molar-refractivity contribution in [2.24, 2.45) is 0 Å². The molecule has 0 aliphatic heterocycles. The van der Waals surface area contributed by atoms with Crippen LogP contribution in [0.2, 0.25) is 5.02 Å². The van der Waals surface area contributed by atoms with E-state index in [-0.39, 0.29) is 0 Å². The standard InChI is InChI=1S/C23H19ClNO4/c1-27-21-12-18-5-6-23(26)29-20(18)13-22(21)28-15-16-7-9-25(10-8-16)14-17-3-2-4-19(24)11-17/h2-13H,14-15H2,1H3/q+1. The van der Waals surface area contributed by atoms with Gasteiger partial charge in [-0.1, -0.05) is 23.7 Å². The molecule has 0 atom stereocenters. The van der Waals surface area contributed by atoms with Crippen LogP contribution in [0.1, 0.15) is 11.1 Å². The highest BCUT2D eigenvalue weighted by Gasteiger charge is 2.10. The number of pyridine rings is 1. The molecule has 0 spiro atoms. The molecule has 146 valence electrons. The number of ether oxygens (including phenoxy) is 2. The summed E-state index contributed by atoms with van der Waals surface area (Å²) in [5, 5.41) is 1.50. The van der Waals surface area contributed by atoms with Gasteiger partial charge in [0.05, 0.1) is 7.11 Å². The quantitative estimate of drug-likeness (QED) is 0.351. The average molecular weight is 409 g/mol. The zero-order chi connectivity index (χ0) is 20.2. The molecule has 0 amide bonds. The SMILES string of the molecule is COc1cc2ccc(=O)oc2cc1OCc1cc[n+](Cc2cccc(Cl)c2)cc1. The largest absolute Gasteiger partial charge is 0.493 e. The Bertz CT molecular complexity index is 1200. The van der Waals surface area contributed by atoms with E-state index in [0.717, 1.165) is 28.1 Å². The summed E-state index contributed by atoms with van der Waals surface area (Å²) in [4.78, 5) is 11.5. The minimum Gasteiger partial charge on any atom is -0.493 e. The van der Waals surface area contributed by atoms with Crippen LogP contribution in [0.4, 0.5) is 0 Å². The van der Waals surface area contributed by atoms with Gasteiger partial charge in [0.1, 0.15) is 12.2 Å². The fraction of sp³-hybridized carbons (Fsp3) is 0.130. The van der Waals surface area contributed by atoms with Gasteiger partial charge >= 0.3 is 5.63 Å². The molecule has 2 heterocycles. The average Bonchev–Trinajstić information content (AvgIpc) is 2.72. The summed E-state index contributed by atoms with van der Waals surface area (Å²) in [5.74, 6) is 1.10. The number of nitrogens with zero attached hydrogens (tertiary/aromatic N) is 1. The second-order valence-electron chi connectivity index (χ2n) is 6.59. The number of methoxy groups -OCH3 is 1. The lowest BCUT2D eigenvalue weighted by Gasteiger charge is -2.11. The van der Waals surface area contributed by atoms with E-state index in [1.54, 1.807) is 25.3 Å². The molecular weight excluding hydrogens is 390 g/mol. The molecule has 0 aliphatic carbocycles. The summed E-state index contributed by atoms with van der Waals surface area (Å²) in [5.41, 5.74) is 2.19. The molecule has 0 bridgehead atoms. The fourth-order valence-corrected chi connectivity index (χ4v) is 3.26. The van der Waals surface area contributed by atoms with Crippen molar-refractivity contribution in [1.82, 2.24) is 0 Å². The van der Waals surface area contributed by atoms with Gasteiger partial charge in [0.2, 0.25) is 0 Å². The van der Waals surface area contributed by atoms with Crippen LogP contribution in [0.3, 0.4) is 0 Å². The Balaban J connectivity index is 1.48. The lowest BCUT2D eigenvalue weighted by atomic mass is 10.2. The van der Waals surface area contributed by atoms with E-state index in [2.05, 4.69) is 4.57 Å². The molecule has 29 heavy (non-hydrogen) atoms. The van der Waals surface area contributed by atoms with E-state index in [0.29, 0.717) is 23.7 Å². The maximum absolute atomic E-state index is 11.5. The van der Waals surface area contributed by atoms with Crippen molar-refractivity contribution in [2.75, 3.05) is 7.11 Å². The van der Waals surface area contributed by atoms with Gasteiger partial charge in [-0.05, 0) is 24.3 Å². The van der Waals surface area contributed by atoms with Crippen LogP contribution in [-0.4, -0.2) is 7.11 Å². The van der Waals surface area contributed by atoms with Gasteiger partial charge in [-0.2, -0.15) is 0 Å². The summed E-state index contributed by atoms with van der Waals surface area (Å²) in [7, 11) is 1.58. The van der Waals surface area contributed by atoms with Crippen molar-refractivity contribution in [3.05, 3.63) is 99.6 Å². The van der Waals surface area contributed by atoms with Crippen LogP contribution in [0.15, 0.2) is 82.3 Å². The summed E-state index contributed by atoms with van der Waals surface area (Å²) in [6.45, 7) is 1.09. The molecule has 2 aromatic carbocycles. The van der Waals surface area contributed by atoms with E-state index < -0.39 is 5.63 Å². The molecule has 4 aromatic rings. The zero-order valence-corrected chi connectivity index (χ0v) is 16.6. The first-order valence-corrected chi connectivity index (χ1v) is 9.45. The molecule has 0 N–H and O–H groups in total. The Morgan fingerprint density at radius 3 is 2.55 bits per heavy atom. The molecule has 0 aliphatic rings. The zero-order valence-electron chi connectivity index (χ0n) is 15.8. The maximum Gasteiger partial charge on any atom is 0.336 e. The number of hydrogen-bond donors (Lipinski definition) is 0. The number of fused-ring (bicyclic) bond motifs is 1. The third-order valence-electron chi connectivity index (χ3n) is 4.51. The van der Waals surface area contributed by atoms with Crippen LogP contribution >= 0.6 is 11.6 Å². The molecule has 4 rings (SSSR count). The number of rotatable bonds is 6. The van der Waals surface area contributed by atoms with Crippen LogP contribution in [-0.2, 0) is 13.2 Å². The van der Waals surface area contributed by atoms with Crippen molar-refractivity contribution in [1.29, 1.82) is 0 Å². The summed E-state index contributed by atoms with van der Waals surface area (Å²) in [6, 6.07) is 18.3. The van der Waals surface area contributed by atoms with Gasteiger partial charge in [-0.25, -0.2) is 9.36 Å². The molecule has 5 nitrogen and oxygen atoms in total. The van der Waals surface area contributed by atoms with Crippen LogP contribution < -0.4 is 19.7 Å². The van der Waals surface area contributed by atoms with Gasteiger partial charge in [0.25, 0.3) is 0 Å². The third kappa shape index (κ3) is 4.58. The second kappa shape index (κ2) is 8.37. The molecule has 6 heteroatoms. The Morgan fingerprint density at radius 1 is 0.966 bits per heavy atom. The van der Waals surface area contributed by atoms with E-state index in [1.165, 1.54) is 6.07 Å². The molecule has 0 saturated carbocycles. The molecule has 0 radical (unpaired) electrons. The highest BCUT2D eigenvalue weighted by atomic mass is 35.5. The fourth-order valence-electron chi connectivity index (χ4n) is 3.05. The third-order valence-corrected chi connectivity index (χ3v) is 4.75. The lowest BCUT2D eigenvalue weighted by molar-refractivity contribution is -0.688. The van der Waals surface area contributed by atoms with Crippen molar-refractivity contribution in [3.8, 4) is 11.5 Å². The van der Waals surface area contributed by atoms with Gasteiger partial charge in [0.15, 0.2) is 30.4 Å². The van der Waals surface area contributed by atoms with Gasteiger partial charge in [-0.15, -0.1) is 0 Å². The number of halogens is 1. The predicted molar refractivity (Wildman–Crippen MR) is 111 cm³/mol. The summed E-state index contributed by atoms with van der Waals surface area (Å²) in [6.07, 6.45) is 3.99. The molecule has 0 saturated heterocycles. The Morgan fingerprint density at radius 2 is 1.79 bits per heavy atom. The van der Waals surface area contributed by atoms with Crippen molar-refractivity contribution < 1.29 is 18.5 Å². The minimum atomic E-state index is -0.402. The minimum absolute atomic E-state index is 0.358. The van der Waals surface area contributed by atoms with Gasteiger partial charge in [0, 0.05) is 45.8 Å². The van der Waals surface area contributed by atoms with E-state index >= 15 is 0 Å². The molecule has 0 fully saturated rings. The molecular formula is C23H19ClNO4+. The first kappa shape index (κ1) is 19.0. The van der Waals surface area contributed by atoms with Crippen molar-refractivity contribution >= 4 is 22.6 Å². The Labute approximate surface area is 172 Å². The summed E-state index contributed by atoms with van der Waals surface area (Å²) >= 11 is 6.05. The Hall–Kier alpha value is -3.31. The maximum atomic E-state index is 11.5. The van der Waals surface area contributed by atoms with E-state index in [4.69, 9.17) is 25.5 Å². The predicted octanol–water partition coefficient (Wildman–Crippen LogP) is 4.37. The van der Waals surface area contributed by atoms with Crippen LogP contribution in [0.25, 0.3) is 11.0 Å². The van der Waals surface area contributed by atoms with Crippen molar-refractivity contribution in [3.63, 3.8) is 0 Å². The van der Waals surface area contributed by atoms with Crippen molar-refractivity contribution in [2.45, 2.75) is 13.2 Å². The van der Waals surface area contributed by atoms with E-state index in [1.807, 2.05) is 48.8 Å². The van der Waals surface area contributed by atoms with Gasteiger partial charge in [-0.3, -0.25) is 0 Å². The van der Waals surface area contributed by atoms with Crippen LogP contribution in [0.5, 0.6) is 11.5 Å². The normalized spacial score (nSPS) is 10.8. The number of hydrogen-bond acceptors (Lipinski definition) is 4. The summed E-state index contributed by atoms with van der Waals surface area (Å²) < 4.78 is 18.6. The highest BCUT2D eigenvalue weighted by Crippen LogP contribution is 2.32. The smallest absolute Gasteiger partial charge is 0.336 e. The first-order chi connectivity index (χ1) is 14.1. The van der Waals surface area contributed by atoms with E-state index in [9.17, 15) is 4.79 Å². The molecule has 2 aromatic heterocycles. The van der Waals surface area contributed by atoms with Gasteiger partial charge < -0.3 is 13.9 Å². The molecule has 0 unspecified atom stereocenters. The monoisotopic (exact) mass is 408 g/mol. The number of aromatic nitrogens is 1. The Kier molecular flexibility index (Phi) is 5.49. The number of benzene rings is 2. The topological polar surface area (TPSA) is 52.6 Å². The van der Waals surface area contributed by atoms with Crippen LogP contribution in [0, 0.1) is 0 Å². The second-order valence-corrected chi connectivity index (χ2v) is 7.03. The first-order valence-electron chi connectivity index (χ1n) is 9.08.